The number of pyridine rings is 1. The first-order valence-electron chi connectivity index (χ1n) is 7.43. The molecule has 0 bridgehead atoms. The minimum absolute atomic E-state index is 0.159. The molecule has 112 valence electrons. The van der Waals surface area contributed by atoms with Crippen LogP contribution in [0.1, 0.15) is 36.6 Å². The van der Waals surface area contributed by atoms with Gasteiger partial charge in [0, 0.05) is 12.2 Å². The van der Waals surface area contributed by atoms with Gasteiger partial charge >= 0.3 is 0 Å². The summed E-state index contributed by atoms with van der Waals surface area (Å²) in [6, 6.07) is 10.8. The highest BCUT2D eigenvalue weighted by Crippen LogP contribution is 2.23. The molecule has 0 saturated carbocycles. The Morgan fingerprint density at radius 2 is 1.95 bits per heavy atom. The molecule has 1 aromatic heterocycles. The summed E-state index contributed by atoms with van der Waals surface area (Å²) in [4.78, 5) is 4.31. The van der Waals surface area contributed by atoms with Crippen molar-refractivity contribution < 1.29 is 4.74 Å². The molecule has 3 nitrogen and oxygen atoms in total. The Morgan fingerprint density at radius 1 is 1.19 bits per heavy atom. The summed E-state index contributed by atoms with van der Waals surface area (Å²) in [5.41, 5.74) is 3.83. The van der Waals surface area contributed by atoms with E-state index >= 15 is 0 Å². The first kappa shape index (κ1) is 15.5. The van der Waals surface area contributed by atoms with E-state index in [-0.39, 0.29) is 12.1 Å². The number of aryl methyl sites for hydroxylation is 1. The number of likely N-dealkylation sites (N-methyl/N-ethyl adjacent to an activating group) is 1. The molecule has 1 unspecified atom stereocenters. The van der Waals surface area contributed by atoms with Crippen molar-refractivity contribution >= 4 is 0 Å². The average Bonchev–Trinajstić information content (AvgIpc) is 2.46. The van der Waals surface area contributed by atoms with E-state index in [2.05, 4.69) is 47.6 Å². The van der Waals surface area contributed by atoms with Crippen molar-refractivity contribution in [2.45, 2.75) is 39.3 Å². The average molecular weight is 284 g/mol. The Balaban J connectivity index is 2.19. The molecule has 0 aliphatic carbocycles. The van der Waals surface area contributed by atoms with E-state index in [4.69, 9.17) is 4.74 Å². The Hall–Kier alpha value is -1.87. The van der Waals surface area contributed by atoms with Gasteiger partial charge in [-0.25, -0.2) is 0 Å². The molecule has 0 aliphatic heterocycles. The molecular formula is C18H24N2O. The fourth-order valence-corrected chi connectivity index (χ4v) is 2.41. The van der Waals surface area contributed by atoms with Gasteiger partial charge in [0.15, 0.2) is 0 Å². The van der Waals surface area contributed by atoms with Gasteiger partial charge in [-0.05, 0) is 57.0 Å². The van der Waals surface area contributed by atoms with Crippen LogP contribution in [0.25, 0.3) is 0 Å². The third-order valence-corrected chi connectivity index (χ3v) is 3.54. The summed E-state index contributed by atoms with van der Waals surface area (Å²) in [6.45, 7) is 6.20. The lowest BCUT2D eigenvalue weighted by Crippen LogP contribution is -2.19. The predicted octanol–water partition coefficient (Wildman–Crippen LogP) is 3.68. The lowest BCUT2D eigenvalue weighted by molar-refractivity contribution is 0.241. The van der Waals surface area contributed by atoms with E-state index in [1.807, 2.05) is 27.1 Å². The monoisotopic (exact) mass is 284 g/mol. The zero-order chi connectivity index (χ0) is 15.2. The minimum atomic E-state index is 0.159. The third-order valence-electron chi connectivity index (χ3n) is 3.54. The predicted molar refractivity (Wildman–Crippen MR) is 86.7 cm³/mol. The van der Waals surface area contributed by atoms with Gasteiger partial charge in [0.05, 0.1) is 12.3 Å². The quantitative estimate of drug-likeness (QED) is 0.878. The van der Waals surface area contributed by atoms with Crippen LogP contribution >= 0.6 is 0 Å². The SMILES string of the molecule is CNC(Cc1ccccc1C)c1cncc(OC(C)C)c1. The number of hydrogen-bond donors (Lipinski definition) is 1. The molecule has 2 aromatic rings. The highest BCUT2D eigenvalue weighted by atomic mass is 16.5. The molecule has 0 spiro atoms. The van der Waals surface area contributed by atoms with Crippen molar-refractivity contribution in [1.82, 2.24) is 10.3 Å². The highest BCUT2D eigenvalue weighted by Gasteiger charge is 2.13. The smallest absolute Gasteiger partial charge is 0.138 e. The molecule has 1 atom stereocenters. The Morgan fingerprint density at radius 3 is 2.62 bits per heavy atom. The fraction of sp³-hybridized carbons (Fsp3) is 0.389. The normalized spacial score (nSPS) is 12.4. The van der Waals surface area contributed by atoms with Crippen LogP contribution in [0, 0.1) is 6.92 Å². The second kappa shape index (κ2) is 7.23. The van der Waals surface area contributed by atoms with Crippen LogP contribution in [0.4, 0.5) is 0 Å². The van der Waals surface area contributed by atoms with E-state index in [1.54, 1.807) is 6.20 Å². The topological polar surface area (TPSA) is 34.2 Å². The van der Waals surface area contributed by atoms with Gasteiger partial charge in [-0.1, -0.05) is 24.3 Å². The van der Waals surface area contributed by atoms with Crippen LogP contribution in [-0.2, 0) is 6.42 Å². The van der Waals surface area contributed by atoms with Gasteiger partial charge in [-0.15, -0.1) is 0 Å². The summed E-state index contributed by atoms with van der Waals surface area (Å²) in [6.07, 6.45) is 4.78. The molecule has 0 saturated heterocycles. The van der Waals surface area contributed by atoms with Gasteiger partial charge in [0.2, 0.25) is 0 Å². The molecular weight excluding hydrogens is 260 g/mol. The van der Waals surface area contributed by atoms with Gasteiger partial charge < -0.3 is 10.1 Å². The largest absolute Gasteiger partial charge is 0.489 e. The Kier molecular flexibility index (Phi) is 5.34. The maximum atomic E-state index is 5.73. The van der Waals surface area contributed by atoms with E-state index < -0.39 is 0 Å². The van der Waals surface area contributed by atoms with Crippen molar-refractivity contribution in [2.75, 3.05) is 7.05 Å². The van der Waals surface area contributed by atoms with Crippen LogP contribution in [-0.4, -0.2) is 18.1 Å². The second-order valence-electron chi connectivity index (χ2n) is 5.59. The minimum Gasteiger partial charge on any atom is -0.489 e. The number of rotatable bonds is 6. The van der Waals surface area contributed by atoms with Crippen molar-refractivity contribution in [1.29, 1.82) is 0 Å². The summed E-state index contributed by atoms with van der Waals surface area (Å²) < 4.78 is 5.73. The number of nitrogens with zero attached hydrogens (tertiary/aromatic N) is 1. The van der Waals surface area contributed by atoms with Crippen molar-refractivity contribution in [3.8, 4) is 5.75 Å². The molecule has 1 N–H and O–H groups in total. The van der Waals surface area contributed by atoms with Gasteiger partial charge in [-0.3, -0.25) is 4.98 Å². The van der Waals surface area contributed by atoms with Crippen molar-refractivity contribution in [2.24, 2.45) is 0 Å². The van der Waals surface area contributed by atoms with Crippen LogP contribution in [0.2, 0.25) is 0 Å². The fourth-order valence-electron chi connectivity index (χ4n) is 2.41. The van der Waals surface area contributed by atoms with Crippen LogP contribution in [0.5, 0.6) is 5.75 Å². The van der Waals surface area contributed by atoms with Crippen molar-refractivity contribution in [3.05, 3.63) is 59.4 Å². The van der Waals surface area contributed by atoms with Gasteiger partial charge in [0.25, 0.3) is 0 Å². The van der Waals surface area contributed by atoms with Crippen LogP contribution < -0.4 is 10.1 Å². The van der Waals surface area contributed by atoms with E-state index in [0.29, 0.717) is 0 Å². The second-order valence-corrected chi connectivity index (χ2v) is 5.59. The maximum absolute atomic E-state index is 5.73. The number of hydrogen-bond acceptors (Lipinski definition) is 3. The summed E-state index contributed by atoms with van der Waals surface area (Å²) in [7, 11) is 1.99. The third kappa shape index (κ3) is 4.30. The lowest BCUT2D eigenvalue weighted by atomic mass is 9.97. The molecule has 0 aliphatic rings. The molecule has 0 fully saturated rings. The Bertz CT molecular complexity index is 581. The number of ether oxygens (including phenoxy) is 1. The summed E-state index contributed by atoms with van der Waals surface area (Å²) in [5.74, 6) is 0.826. The van der Waals surface area contributed by atoms with E-state index in [1.165, 1.54) is 11.1 Å². The molecule has 2 rings (SSSR count). The van der Waals surface area contributed by atoms with E-state index in [0.717, 1.165) is 17.7 Å². The van der Waals surface area contributed by atoms with Gasteiger partial charge in [-0.2, -0.15) is 0 Å². The first-order valence-corrected chi connectivity index (χ1v) is 7.43. The Labute approximate surface area is 127 Å². The summed E-state index contributed by atoms with van der Waals surface area (Å²) in [5, 5.41) is 3.38. The van der Waals surface area contributed by atoms with Crippen LogP contribution in [0.15, 0.2) is 42.7 Å². The maximum Gasteiger partial charge on any atom is 0.138 e. The number of benzene rings is 1. The number of nitrogens with one attached hydrogen (secondary N) is 1. The van der Waals surface area contributed by atoms with Gasteiger partial charge in [0.1, 0.15) is 5.75 Å². The highest BCUT2D eigenvalue weighted by molar-refractivity contribution is 5.31. The summed E-state index contributed by atoms with van der Waals surface area (Å²) >= 11 is 0. The molecule has 1 heterocycles. The zero-order valence-electron chi connectivity index (χ0n) is 13.3. The molecule has 1 aromatic carbocycles. The number of aromatic nitrogens is 1. The van der Waals surface area contributed by atoms with Crippen molar-refractivity contribution in [3.63, 3.8) is 0 Å². The molecule has 21 heavy (non-hydrogen) atoms. The standard InChI is InChI=1S/C18H24N2O/c1-13(2)21-17-9-16(11-20-12-17)18(19-4)10-15-8-6-5-7-14(15)3/h5-9,11-13,18-19H,10H2,1-4H3. The molecule has 0 radical (unpaired) electrons. The van der Waals surface area contributed by atoms with E-state index in [9.17, 15) is 0 Å². The lowest BCUT2D eigenvalue weighted by Gasteiger charge is -2.19. The molecule has 0 amide bonds. The first-order chi connectivity index (χ1) is 10.1. The van der Waals surface area contributed by atoms with Crippen LogP contribution in [0.3, 0.4) is 0 Å². The molecule has 3 heteroatoms. The zero-order valence-corrected chi connectivity index (χ0v) is 13.3.